The Labute approximate surface area is 128 Å². The predicted octanol–water partition coefficient (Wildman–Crippen LogP) is 2.90. The summed E-state index contributed by atoms with van der Waals surface area (Å²) in [6.07, 6.45) is -3.95. The number of carbonyl (C=O) groups excluding carboxylic acids is 1. The molecule has 0 spiro atoms. The standard InChI is InChI=1S/C16H19F2NO3/c1-16(2,3)8-4-5-13(22-15(19)21)14(20)11-9-10(17)6-7-12(11)18/h6-7,9,13-14,20H,5H2,1-3H3,(H2,19,21)/t13-,14+/m0/s1. The van der Waals surface area contributed by atoms with Gasteiger partial charge in [0.05, 0.1) is 0 Å². The minimum atomic E-state index is -1.57. The van der Waals surface area contributed by atoms with Crippen LogP contribution in [-0.2, 0) is 4.74 Å². The molecule has 1 aromatic rings. The topological polar surface area (TPSA) is 72.5 Å². The smallest absolute Gasteiger partial charge is 0.404 e. The van der Waals surface area contributed by atoms with Crippen molar-refractivity contribution in [3.05, 3.63) is 35.4 Å². The van der Waals surface area contributed by atoms with Gasteiger partial charge < -0.3 is 15.6 Å². The fourth-order valence-electron chi connectivity index (χ4n) is 1.73. The number of halogens is 2. The minimum Gasteiger partial charge on any atom is -0.442 e. The van der Waals surface area contributed by atoms with Crippen molar-refractivity contribution >= 4 is 6.09 Å². The molecule has 0 aliphatic rings. The summed E-state index contributed by atoms with van der Waals surface area (Å²) >= 11 is 0. The molecule has 0 saturated carbocycles. The molecule has 4 nitrogen and oxygen atoms in total. The van der Waals surface area contributed by atoms with Crippen LogP contribution in [0.4, 0.5) is 13.6 Å². The Balaban J connectivity index is 3.01. The highest BCUT2D eigenvalue weighted by Crippen LogP contribution is 2.25. The van der Waals surface area contributed by atoms with Gasteiger partial charge in [-0.3, -0.25) is 0 Å². The van der Waals surface area contributed by atoms with Crippen LogP contribution in [0.15, 0.2) is 18.2 Å². The van der Waals surface area contributed by atoms with E-state index in [1.807, 2.05) is 20.8 Å². The molecule has 2 atom stereocenters. The number of benzene rings is 1. The van der Waals surface area contributed by atoms with E-state index in [1.165, 1.54) is 0 Å². The van der Waals surface area contributed by atoms with Gasteiger partial charge in [0.2, 0.25) is 0 Å². The quantitative estimate of drug-likeness (QED) is 0.840. The molecule has 0 aliphatic heterocycles. The van der Waals surface area contributed by atoms with Crippen molar-refractivity contribution in [2.45, 2.75) is 39.4 Å². The molecular formula is C16H19F2NO3. The van der Waals surface area contributed by atoms with Crippen LogP contribution in [0.2, 0.25) is 0 Å². The first-order valence-electron chi connectivity index (χ1n) is 6.69. The zero-order valence-corrected chi connectivity index (χ0v) is 12.7. The Bertz CT molecular complexity index is 600. The molecule has 120 valence electrons. The third-order valence-electron chi connectivity index (χ3n) is 2.66. The molecule has 0 saturated heterocycles. The van der Waals surface area contributed by atoms with Gasteiger partial charge in [0, 0.05) is 17.4 Å². The van der Waals surface area contributed by atoms with Gasteiger partial charge in [-0.15, -0.1) is 0 Å². The normalized spacial score (nSPS) is 13.7. The van der Waals surface area contributed by atoms with Gasteiger partial charge >= 0.3 is 6.09 Å². The fraction of sp³-hybridized carbons (Fsp3) is 0.438. The van der Waals surface area contributed by atoms with Crippen molar-refractivity contribution in [2.24, 2.45) is 11.1 Å². The number of carbonyl (C=O) groups is 1. The van der Waals surface area contributed by atoms with Gasteiger partial charge in [0.1, 0.15) is 23.8 Å². The lowest BCUT2D eigenvalue weighted by molar-refractivity contribution is 0.00623. The van der Waals surface area contributed by atoms with Gasteiger partial charge in [-0.2, -0.15) is 0 Å². The maximum atomic E-state index is 13.7. The molecule has 0 heterocycles. The average molecular weight is 311 g/mol. The number of aliphatic hydroxyl groups is 1. The van der Waals surface area contributed by atoms with Crippen LogP contribution in [0.1, 0.15) is 38.9 Å². The summed E-state index contributed by atoms with van der Waals surface area (Å²) < 4.78 is 31.7. The number of hydrogen-bond donors (Lipinski definition) is 2. The average Bonchev–Trinajstić information content (AvgIpc) is 2.38. The third-order valence-corrected chi connectivity index (χ3v) is 2.66. The largest absolute Gasteiger partial charge is 0.442 e. The summed E-state index contributed by atoms with van der Waals surface area (Å²) in [5, 5.41) is 10.2. The molecule has 0 unspecified atom stereocenters. The molecule has 1 aromatic carbocycles. The Morgan fingerprint density at radius 3 is 2.59 bits per heavy atom. The first-order valence-corrected chi connectivity index (χ1v) is 6.69. The summed E-state index contributed by atoms with van der Waals surface area (Å²) in [6, 6.07) is 2.65. The second-order valence-corrected chi connectivity index (χ2v) is 5.84. The van der Waals surface area contributed by atoms with Crippen molar-refractivity contribution in [3.63, 3.8) is 0 Å². The van der Waals surface area contributed by atoms with E-state index in [2.05, 4.69) is 11.8 Å². The first-order chi connectivity index (χ1) is 10.1. The maximum Gasteiger partial charge on any atom is 0.404 e. The second-order valence-electron chi connectivity index (χ2n) is 5.84. The third kappa shape index (κ3) is 5.70. The lowest BCUT2D eigenvalue weighted by atomic mass is 9.96. The molecule has 3 N–H and O–H groups in total. The van der Waals surface area contributed by atoms with E-state index >= 15 is 0 Å². The van der Waals surface area contributed by atoms with Crippen LogP contribution in [0, 0.1) is 28.9 Å². The minimum absolute atomic E-state index is 0.0582. The van der Waals surface area contributed by atoms with Crippen LogP contribution < -0.4 is 5.73 Å². The van der Waals surface area contributed by atoms with E-state index in [9.17, 15) is 18.7 Å². The molecule has 0 fully saturated rings. The van der Waals surface area contributed by atoms with E-state index in [4.69, 9.17) is 10.5 Å². The second kappa shape index (κ2) is 7.23. The van der Waals surface area contributed by atoms with E-state index < -0.39 is 29.9 Å². The lowest BCUT2D eigenvalue weighted by Gasteiger charge is -2.21. The van der Waals surface area contributed by atoms with Crippen molar-refractivity contribution in [1.82, 2.24) is 0 Å². The molecule has 0 aliphatic carbocycles. The van der Waals surface area contributed by atoms with Gasteiger partial charge in [0.25, 0.3) is 0 Å². The summed E-state index contributed by atoms with van der Waals surface area (Å²) in [5.74, 6) is 4.13. The molecule has 0 aromatic heterocycles. The highest BCUT2D eigenvalue weighted by molar-refractivity contribution is 5.65. The Morgan fingerprint density at radius 1 is 1.41 bits per heavy atom. The van der Waals surface area contributed by atoms with Crippen molar-refractivity contribution in [3.8, 4) is 11.8 Å². The SMILES string of the molecule is CC(C)(C)C#CC[C@H](OC(N)=O)[C@H](O)c1cc(F)ccc1F. The number of hydrogen-bond acceptors (Lipinski definition) is 3. The molecule has 1 rings (SSSR count). The van der Waals surface area contributed by atoms with Crippen molar-refractivity contribution in [1.29, 1.82) is 0 Å². The lowest BCUT2D eigenvalue weighted by Crippen LogP contribution is -2.29. The molecule has 0 bridgehead atoms. The van der Waals surface area contributed by atoms with Gasteiger partial charge in [0.15, 0.2) is 0 Å². The number of nitrogens with two attached hydrogens (primary N) is 1. The van der Waals surface area contributed by atoms with E-state index in [-0.39, 0.29) is 17.4 Å². The van der Waals surface area contributed by atoms with Crippen LogP contribution in [0.3, 0.4) is 0 Å². The Hall–Kier alpha value is -2.13. The molecule has 6 heteroatoms. The zero-order valence-electron chi connectivity index (χ0n) is 12.7. The number of aliphatic hydroxyl groups excluding tert-OH is 1. The molecular weight excluding hydrogens is 292 g/mol. The van der Waals surface area contributed by atoms with Crippen molar-refractivity contribution < 1.29 is 23.4 Å². The maximum absolute atomic E-state index is 13.7. The van der Waals surface area contributed by atoms with E-state index in [1.54, 1.807) is 0 Å². The van der Waals surface area contributed by atoms with Crippen LogP contribution in [-0.4, -0.2) is 17.3 Å². The molecule has 22 heavy (non-hydrogen) atoms. The van der Waals surface area contributed by atoms with Crippen LogP contribution >= 0.6 is 0 Å². The number of amides is 1. The predicted molar refractivity (Wildman–Crippen MR) is 77.6 cm³/mol. The van der Waals surface area contributed by atoms with Gasteiger partial charge in [-0.1, -0.05) is 11.8 Å². The highest BCUT2D eigenvalue weighted by Gasteiger charge is 2.26. The zero-order chi connectivity index (χ0) is 16.9. The number of rotatable bonds is 4. The summed E-state index contributed by atoms with van der Waals surface area (Å²) in [4.78, 5) is 10.9. The molecule has 1 amide bonds. The molecule has 0 radical (unpaired) electrons. The van der Waals surface area contributed by atoms with Crippen LogP contribution in [0.5, 0.6) is 0 Å². The fourth-order valence-corrected chi connectivity index (χ4v) is 1.73. The summed E-state index contributed by atoms with van der Waals surface area (Å²) in [5.41, 5.74) is 4.35. The summed E-state index contributed by atoms with van der Waals surface area (Å²) in [6.45, 7) is 5.64. The van der Waals surface area contributed by atoms with Gasteiger partial charge in [-0.25, -0.2) is 13.6 Å². The van der Waals surface area contributed by atoms with Crippen molar-refractivity contribution in [2.75, 3.05) is 0 Å². The Kier molecular flexibility index (Phi) is 5.89. The van der Waals surface area contributed by atoms with E-state index in [0.29, 0.717) is 0 Å². The number of primary amides is 1. The first kappa shape index (κ1) is 17.9. The monoisotopic (exact) mass is 311 g/mol. The van der Waals surface area contributed by atoms with Crippen LogP contribution in [0.25, 0.3) is 0 Å². The highest BCUT2D eigenvalue weighted by atomic mass is 19.1. The summed E-state index contributed by atoms with van der Waals surface area (Å²) in [7, 11) is 0. The van der Waals surface area contributed by atoms with Gasteiger partial charge in [-0.05, 0) is 39.0 Å². The van der Waals surface area contributed by atoms with E-state index in [0.717, 1.165) is 18.2 Å². The Morgan fingerprint density at radius 2 is 2.05 bits per heavy atom. The number of ether oxygens (including phenoxy) is 1.